The molecule has 2 aliphatic carbocycles. The fourth-order valence-corrected chi connectivity index (χ4v) is 2.67. The van der Waals surface area contributed by atoms with Gasteiger partial charge >= 0.3 is 0 Å². The Labute approximate surface area is 96.3 Å². The smallest absolute Gasteiger partial charge is 0.0281 e. The molecule has 0 N–H and O–H groups in total. The summed E-state index contributed by atoms with van der Waals surface area (Å²) in [6, 6.07) is 8.70. The lowest BCUT2D eigenvalue weighted by molar-refractivity contribution is 1.05. The van der Waals surface area contributed by atoms with Crippen molar-refractivity contribution in [2.45, 2.75) is 12.3 Å². The molecule has 0 aliphatic heterocycles. The molecule has 0 saturated heterocycles. The summed E-state index contributed by atoms with van der Waals surface area (Å²) in [4.78, 5) is 0. The molecule has 78 valence electrons. The molecular weight excluding hydrogens is 192 g/mol. The Bertz CT molecular complexity index is 527. The van der Waals surface area contributed by atoms with Crippen LogP contribution in [0.3, 0.4) is 0 Å². The van der Waals surface area contributed by atoms with Gasteiger partial charge in [-0.25, -0.2) is 0 Å². The molecule has 0 saturated carbocycles. The number of hydrogen-bond donors (Lipinski definition) is 0. The van der Waals surface area contributed by atoms with E-state index in [-0.39, 0.29) is 0 Å². The van der Waals surface area contributed by atoms with Crippen molar-refractivity contribution >= 4 is 5.57 Å². The van der Waals surface area contributed by atoms with Crippen LogP contribution in [0, 0.1) is 0 Å². The van der Waals surface area contributed by atoms with Crippen LogP contribution in [0.15, 0.2) is 66.8 Å². The summed E-state index contributed by atoms with van der Waals surface area (Å²) in [5, 5.41) is 0. The van der Waals surface area contributed by atoms with Crippen LogP contribution in [-0.4, -0.2) is 0 Å². The highest BCUT2D eigenvalue weighted by atomic mass is 14.3. The average molecular weight is 206 g/mol. The number of fused-ring (bicyclic) bond motifs is 3. The maximum atomic E-state index is 3.86. The fourth-order valence-electron chi connectivity index (χ4n) is 2.67. The summed E-state index contributed by atoms with van der Waals surface area (Å²) in [5.74, 6) is 0.469. The molecule has 0 fully saturated rings. The minimum Gasteiger partial charge on any atom is -0.103 e. The van der Waals surface area contributed by atoms with Gasteiger partial charge in [-0.1, -0.05) is 54.6 Å². The molecular formula is C16H14. The Balaban J connectivity index is 2.22. The van der Waals surface area contributed by atoms with E-state index in [1.54, 1.807) is 0 Å². The Morgan fingerprint density at radius 3 is 2.94 bits per heavy atom. The highest BCUT2D eigenvalue weighted by molar-refractivity contribution is 5.82. The van der Waals surface area contributed by atoms with E-state index >= 15 is 0 Å². The first-order chi connectivity index (χ1) is 7.92. The largest absolute Gasteiger partial charge is 0.103 e. The lowest BCUT2D eigenvalue weighted by atomic mass is 9.92. The second kappa shape index (κ2) is 3.64. The second-order valence-corrected chi connectivity index (χ2v) is 4.24. The monoisotopic (exact) mass is 206 g/mol. The quantitative estimate of drug-likeness (QED) is 0.635. The number of allylic oxidation sites excluding steroid dienone is 7. The molecule has 0 nitrogen and oxygen atoms in total. The summed E-state index contributed by atoms with van der Waals surface area (Å²) in [6.45, 7) is 3.86. The van der Waals surface area contributed by atoms with E-state index in [4.69, 9.17) is 0 Å². The van der Waals surface area contributed by atoms with Crippen LogP contribution in [0.25, 0.3) is 5.57 Å². The SMILES string of the molecule is C=CCC1=C2C=CC=CC2c2ccccc21. The maximum absolute atomic E-state index is 3.86. The second-order valence-electron chi connectivity index (χ2n) is 4.24. The molecule has 0 heterocycles. The predicted octanol–water partition coefficient (Wildman–Crippen LogP) is 4.24. The lowest BCUT2D eigenvalue weighted by Gasteiger charge is -2.12. The van der Waals surface area contributed by atoms with E-state index in [0.717, 1.165) is 6.42 Å². The van der Waals surface area contributed by atoms with Gasteiger partial charge in [-0.3, -0.25) is 0 Å². The minimum atomic E-state index is 0.469. The molecule has 1 atom stereocenters. The highest BCUT2D eigenvalue weighted by Gasteiger charge is 2.27. The van der Waals surface area contributed by atoms with E-state index in [1.807, 2.05) is 6.08 Å². The van der Waals surface area contributed by atoms with Crippen molar-refractivity contribution in [3.8, 4) is 0 Å². The summed E-state index contributed by atoms with van der Waals surface area (Å²) >= 11 is 0. The van der Waals surface area contributed by atoms with Crippen LogP contribution in [0.1, 0.15) is 23.5 Å². The zero-order valence-corrected chi connectivity index (χ0v) is 9.19. The van der Waals surface area contributed by atoms with Crippen LogP contribution in [0.2, 0.25) is 0 Å². The first kappa shape index (κ1) is 9.41. The van der Waals surface area contributed by atoms with Crippen molar-refractivity contribution in [2.24, 2.45) is 0 Å². The molecule has 0 radical (unpaired) electrons. The summed E-state index contributed by atoms with van der Waals surface area (Å²) in [7, 11) is 0. The molecule has 0 aromatic heterocycles. The predicted molar refractivity (Wildman–Crippen MR) is 69.2 cm³/mol. The third-order valence-electron chi connectivity index (χ3n) is 3.34. The third kappa shape index (κ3) is 1.23. The molecule has 1 aromatic rings. The van der Waals surface area contributed by atoms with Crippen molar-refractivity contribution in [3.63, 3.8) is 0 Å². The Morgan fingerprint density at radius 2 is 2.06 bits per heavy atom. The number of rotatable bonds is 2. The van der Waals surface area contributed by atoms with E-state index < -0.39 is 0 Å². The van der Waals surface area contributed by atoms with Gasteiger partial charge in [-0.2, -0.15) is 0 Å². The molecule has 0 amide bonds. The minimum absolute atomic E-state index is 0.469. The van der Waals surface area contributed by atoms with Gasteiger partial charge < -0.3 is 0 Å². The van der Waals surface area contributed by atoms with Crippen LogP contribution >= 0.6 is 0 Å². The van der Waals surface area contributed by atoms with Crippen LogP contribution in [0.4, 0.5) is 0 Å². The van der Waals surface area contributed by atoms with E-state index in [1.165, 1.54) is 22.3 Å². The maximum Gasteiger partial charge on any atom is 0.0281 e. The van der Waals surface area contributed by atoms with Gasteiger partial charge in [0.15, 0.2) is 0 Å². The van der Waals surface area contributed by atoms with Crippen molar-refractivity contribution in [2.75, 3.05) is 0 Å². The number of benzene rings is 1. The van der Waals surface area contributed by atoms with Gasteiger partial charge in [-0.05, 0) is 28.7 Å². The van der Waals surface area contributed by atoms with Crippen molar-refractivity contribution in [3.05, 3.63) is 77.9 Å². The van der Waals surface area contributed by atoms with Crippen molar-refractivity contribution in [1.82, 2.24) is 0 Å². The van der Waals surface area contributed by atoms with E-state index in [9.17, 15) is 0 Å². The zero-order chi connectivity index (χ0) is 11.0. The normalized spacial score (nSPS) is 20.9. The topological polar surface area (TPSA) is 0 Å². The lowest BCUT2D eigenvalue weighted by Crippen LogP contribution is -1.95. The summed E-state index contributed by atoms with van der Waals surface area (Å²) in [6.07, 6.45) is 11.7. The van der Waals surface area contributed by atoms with Gasteiger partial charge in [-0.15, -0.1) is 6.58 Å². The Hall–Kier alpha value is -1.82. The van der Waals surface area contributed by atoms with Crippen molar-refractivity contribution < 1.29 is 0 Å². The molecule has 0 heteroatoms. The molecule has 3 rings (SSSR count). The molecule has 0 bridgehead atoms. The average Bonchev–Trinajstić information content (AvgIpc) is 2.66. The zero-order valence-electron chi connectivity index (χ0n) is 9.19. The molecule has 2 aliphatic rings. The fraction of sp³-hybridized carbons (Fsp3) is 0.125. The Kier molecular flexibility index (Phi) is 2.14. The van der Waals surface area contributed by atoms with Gasteiger partial charge in [0.1, 0.15) is 0 Å². The van der Waals surface area contributed by atoms with Crippen LogP contribution in [-0.2, 0) is 0 Å². The molecule has 1 unspecified atom stereocenters. The third-order valence-corrected chi connectivity index (χ3v) is 3.34. The van der Waals surface area contributed by atoms with Crippen LogP contribution < -0.4 is 0 Å². The molecule has 0 spiro atoms. The molecule has 16 heavy (non-hydrogen) atoms. The molecule has 1 aromatic carbocycles. The van der Waals surface area contributed by atoms with Crippen molar-refractivity contribution in [1.29, 1.82) is 0 Å². The number of hydrogen-bond acceptors (Lipinski definition) is 0. The summed E-state index contributed by atoms with van der Waals surface area (Å²) in [5.41, 5.74) is 5.73. The van der Waals surface area contributed by atoms with Gasteiger partial charge in [0.2, 0.25) is 0 Å². The standard InChI is InChI=1S/C16H14/c1-2-7-12-13-8-3-5-10-15(13)16-11-6-4-9-14(12)16/h2-6,8-11,15H,1,7H2. The van der Waals surface area contributed by atoms with Gasteiger partial charge in [0.05, 0.1) is 0 Å². The summed E-state index contributed by atoms with van der Waals surface area (Å²) < 4.78 is 0. The van der Waals surface area contributed by atoms with Gasteiger partial charge in [0.25, 0.3) is 0 Å². The van der Waals surface area contributed by atoms with Gasteiger partial charge in [0, 0.05) is 5.92 Å². The van der Waals surface area contributed by atoms with E-state index in [0.29, 0.717) is 5.92 Å². The van der Waals surface area contributed by atoms with Crippen LogP contribution in [0.5, 0.6) is 0 Å². The van der Waals surface area contributed by atoms with E-state index in [2.05, 4.69) is 55.1 Å². The first-order valence-electron chi connectivity index (χ1n) is 5.70. The Morgan fingerprint density at radius 1 is 1.19 bits per heavy atom. The first-order valence-corrected chi connectivity index (χ1v) is 5.70. The highest BCUT2D eigenvalue weighted by Crippen LogP contribution is 2.45.